The second-order valence-corrected chi connectivity index (χ2v) is 7.17. The highest BCUT2D eigenvalue weighted by atomic mass is 79.9. The molecular weight excluding hydrogens is 448 g/mol. The van der Waals surface area contributed by atoms with Crippen LogP contribution in [0.5, 0.6) is 5.75 Å². The molecule has 2 aromatic carbocycles. The lowest BCUT2D eigenvalue weighted by molar-refractivity contribution is 0.337. The quantitative estimate of drug-likeness (QED) is 0.477. The molecule has 1 nitrogen and oxygen atoms in total. The second kappa shape index (κ2) is 7.10. The van der Waals surface area contributed by atoms with E-state index >= 15 is 0 Å². The number of hydrogen-bond donors (Lipinski definition) is 0. The Labute approximate surface area is 145 Å². The first-order chi connectivity index (χ1) is 9.52. The Balaban J connectivity index is 2.43. The van der Waals surface area contributed by atoms with Crippen molar-refractivity contribution in [1.29, 1.82) is 0 Å². The summed E-state index contributed by atoms with van der Waals surface area (Å²) >= 11 is 10.9. The zero-order valence-electron chi connectivity index (χ0n) is 11.3. The molecule has 0 heterocycles. The average Bonchev–Trinajstić information content (AvgIpc) is 2.43. The van der Waals surface area contributed by atoms with Gasteiger partial charge in [-0.25, -0.2) is 0 Å². The molecule has 0 radical (unpaired) electrons. The first-order valence-corrected chi connectivity index (χ1v) is 8.85. The Morgan fingerprint density at radius 3 is 2.50 bits per heavy atom. The maximum absolute atomic E-state index is 5.73. The van der Waals surface area contributed by atoms with Crippen molar-refractivity contribution in [3.05, 3.63) is 62.0 Å². The normalized spacial score (nSPS) is 12.2. The third-order valence-electron chi connectivity index (χ3n) is 3.02. The first-order valence-electron chi connectivity index (χ1n) is 6.35. The molecule has 0 aliphatic rings. The number of aryl methyl sites for hydroxylation is 1. The third-order valence-corrected chi connectivity index (χ3v) is 5.42. The topological polar surface area (TPSA) is 9.23 Å². The Kier molecular flexibility index (Phi) is 5.70. The zero-order chi connectivity index (χ0) is 14.7. The highest BCUT2D eigenvalue weighted by Gasteiger charge is 2.16. The van der Waals surface area contributed by atoms with Crippen LogP contribution in [0.4, 0.5) is 0 Å². The number of halogens is 3. The van der Waals surface area contributed by atoms with Gasteiger partial charge in [0, 0.05) is 14.5 Å². The van der Waals surface area contributed by atoms with Crippen LogP contribution in [0.1, 0.15) is 28.4 Å². The molecule has 0 fully saturated rings. The molecule has 0 aromatic heterocycles. The van der Waals surface area contributed by atoms with Crippen LogP contribution >= 0.6 is 47.8 Å². The average molecular weight is 463 g/mol. The van der Waals surface area contributed by atoms with Gasteiger partial charge in [-0.1, -0.05) is 59.9 Å². The molecule has 20 heavy (non-hydrogen) atoms. The van der Waals surface area contributed by atoms with Crippen LogP contribution in [0.3, 0.4) is 0 Å². The molecule has 2 aromatic rings. The highest BCUT2D eigenvalue weighted by Crippen LogP contribution is 2.39. The predicted molar refractivity (Wildman–Crippen MR) is 95.0 cm³/mol. The van der Waals surface area contributed by atoms with E-state index < -0.39 is 0 Å². The van der Waals surface area contributed by atoms with Gasteiger partial charge in [0.1, 0.15) is 5.75 Å². The minimum absolute atomic E-state index is 0.105. The summed E-state index contributed by atoms with van der Waals surface area (Å²) in [6.45, 7) is 4.75. The van der Waals surface area contributed by atoms with Crippen molar-refractivity contribution in [2.24, 2.45) is 0 Å². The largest absolute Gasteiger partial charge is 0.494 e. The van der Waals surface area contributed by atoms with Gasteiger partial charge in [0.05, 0.1) is 11.4 Å². The molecule has 4 heteroatoms. The number of benzene rings is 2. The fourth-order valence-corrected chi connectivity index (χ4v) is 3.28. The van der Waals surface area contributed by atoms with E-state index in [1.807, 2.05) is 19.1 Å². The number of alkyl halides is 1. The summed E-state index contributed by atoms with van der Waals surface area (Å²) in [6, 6.07) is 12.5. The summed E-state index contributed by atoms with van der Waals surface area (Å²) < 4.78 is 7.90. The third kappa shape index (κ3) is 3.66. The lowest BCUT2D eigenvalue weighted by atomic mass is 10.0. The van der Waals surface area contributed by atoms with Gasteiger partial charge < -0.3 is 4.74 Å². The standard InChI is InChI=1S/C16H15Br3O/c1-3-20-15-7-5-12(17)9-13(15)16(19)11-4-6-14(18)10(2)8-11/h4-9,16H,3H2,1-2H3. The zero-order valence-corrected chi connectivity index (χ0v) is 16.0. The van der Waals surface area contributed by atoms with Crippen molar-refractivity contribution in [3.8, 4) is 5.75 Å². The first kappa shape index (κ1) is 16.1. The van der Waals surface area contributed by atoms with Crippen LogP contribution in [0.2, 0.25) is 0 Å². The molecule has 0 amide bonds. The molecule has 2 rings (SSSR count). The number of ether oxygens (including phenoxy) is 1. The van der Waals surface area contributed by atoms with Gasteiger partial charge in [0.25, 0.3) is 0 Å². The van der Waals surface area contributed by atoms with E-state index in [4.69, 9.17) is 4.74 Å². The predicted octanol–water partition coefficient (Wildman–Crippen LogP) is 6.40. The second-order valence-electron chi connectivity index (χ2n) is 4.49. The molecule has 0 N–H and O–H groups in total. The van der Waals surface area contributed by atoms with Crippen molar-refractivity contribution in [3.63, 3.8) is 0 Å². The van der Waals surface area contributed by atoms with E-state index in [1.165, 1.54) is 11.1 Å². The summed E-state index contributed by atoms with van der Waals surface area (Å²) in [4.78, 5) is 0.105. The summed E-state index contributed by atoms with van der Waals surface area (Å²) in [5.74, 6) is 0.915. The minimum atomic E-state index is 0.105. The molecule has 0 spiro atoms. The Morgan fingerprint density at radius 2 is 1.85 bits per heavy atom. The lowest BCUT2D eigenvalue weighted by Gasteiger charge is -2.17. The van der Waals surface area contributed by atoms with Crippen LogP contribution in [0, 0.1) is 6.92 Å². The van der Waals surface area contributed by atoms with Crippen LogP contribution in [0.25, 0.3) is 0 Å². The monoisotopic (exact) mass is 460 g/mol. The fraction of sp³-hybridized carbons (Fsp3) is 0.250. The summed E-state index contributed by atoms with van der Waals surface area (Å²) in [7, 11) is 0. The summed E-state index contributed by atoms with van der Waals surface area (Å²) in [6.07, 6.45) is 0. The van der Waals surface area contributed by atoms with E-state index in [0.717, 1.165) is 20.3 Å². The van der Waals surface area contributed by atoms with Crippen LogP contribution < -0.4 is 4.74 Å². The van der Waals surface area contributed by atoms with Crippen molar-refractivity contribution < 1.29 is 4.74 Å². The Hall–Kier alpha value is -0.320. The van der Waals surface area contributed by atoms with E-state index in [1.54, 1.807) is 0 Å². The maximum atomic E-state index is 5.73. The van der Waals surface area contributed by atoms with Gasteiger partial charge in [-0.15, -0.1) is 0 Å². The number of hydrogen-bond acceptors (Lipinski definition) is 1. The molecule has 0 saturated carbocycles. The van der Waals surface area contributed by atoms with Gasteiger partial charge in [-0.3, -0.25) is 0 Å². The molecule has 0 aliphatic heterocycles. The summed E-state index contributed by atoms with van der Waals surface area (Å²) in [5, 5.41) is 0. The molecule has 1 unspecified atom stereocenters. The SMILES string of the molecule is CCOc1ccc(Br)cc1C(Br)c1ccc(Br)c(C)c1. The van der Waals surface area contributed by atoms with Crippen LogP contribution in [-0.2, 0) is 0 Å². The van der Waals surface area contributed by atoms with Gasteiger partial charge in [-0.05, 0) is 49.2 Å². The van der Waals surface area contributed by atoms with Gasteiger partial charge >= 0.3 is 0 Å². The Bertz CT molecular complexity index is 611. The van der Waals surface area contributed by atoms with Gasteiger partial charge in [-0.2, -0.15) is 0 Å². The molecule has 0 bridgehead atoms. The van der Waals surface area contributed by atoms with E-state index in [-0.39, 0.29) is 4.83 Å². The van der Waals surface area contributed by atoms with Crippen molar-refractivity contribution in [2.45, 2.75) is 18.7 Å². The maximum Gasteiger partial charge on any atom is 0.124 e. The summed E-state index contributed by atoms with van der Waals surface area (Å²) in [5.41, 5.74) is 3.56. The highest BCUT2D eigenvalue weighted by molar-refractivity contribution is 9.11. The molecule has 1 atom stereocenters. The fourth-order valence-electron chi connectivity index (χ4n) is 2.01. The Morgan fingerprint density at radius 1 is 1.10 bits per heavy atom. The van der Waals surface area contributed by atoms with E-state index in [2.05, 4.69) is 79.0 Å². The van der Waals surface area contributed by atoms with Gasteiger partial charge in [0.15, 0.2) is 0 Å². The van der Waals surface area contributed by atoms with E-state index in [9.17, 15) is 0 Å². The molecule has 0 saturated heterocycles. The van der Waals surface area contributed by atoms with Crippen molar-refractivity contribution >= 4 is 47.8 Å². The molecular formula is C16H15Br3O. The smallest absolute Gasteiger partial charge is 0.124 e. The lowest BCUT2D eigenvalue weighted by Crippen LogP contribution is -2.00. The number of rotatable bonds is 4. The van der Waals surface area contributed by atoms with Crippen LogP contribution in [-0.4, -0.2) is 6.61 Å². The van der Waals surface area contributed by atoms with Crippen molar-refractivity contribution in [1.82, 2.24) is 0 Å². The van der Waals surface area contributed by atoms with E-state index in [0.29, 0.717) is 6.61 Å². The minimum Gasteiger partial charge on any atom is -0.494 e. The van der Waals surface area contributed by atoms with Crippen LogP contribution in [0.15, 0.2) is 45.3 Å². The van der Waals surface area contributed by atoms with Gasteiger partial charge in [0.2, 0.25) is 0 Å². The molecule has 106 valence electrons. The van der Waals surface area contributed by atoms with Crippen molar-refractivity contribution in [2.75, 3.05) is 6.61 Å². The molecule has 0 aliphatic carbocycles.